The van der Waals surface area contributed by atoms with Crippen molar-refractivity contribution in [2.45, 2.75) is 144 Å². The van der Waals surface area contributed by atoms with Gasteiger partial charge >= 0.3 is 5.97 Å². The van der Waals surface area contributed by atoms with Crippen LogP contribution in [0.1, 0.15) is 70.1 Å². The van der Waals surface area contributed by atoms with Crippen molar-refractivity contribution in [2.75, 3.05) is 49.3 Å². The van der Waals surface area contributed by atoms with Crippen molar-refractivity contribution in [1.29, 1.82) is 0 Å². The second kappa shape index (κ2) is 42.4. The number of nitrogens with one attached hydrogen (secondary N) is 12. The molecule has 0 spiro atoms. The predicted octanol–water partition coefficient (Wildman–Crippen LogP) is -8.64. The summed E-state index contributed by atoms with van der Waals surface area (Å²) in [5.41, 5.74) is 29.0. The average molecular weight is 1500 g/mol. The minimum Gasteiger partial charge on any atom is -0.508 e. The summed E-state index contributed by atoms with van der Waals surface area (Å²) in [6.07, 6.45) is 0.138. The molecular weight excluding hydrogens is 1410 g/mol. The maximum atomic E-state index is 14.6. The summed E-state index contributed by atoms with van der Waals surface area (Å²) in [5.74, 6) is -19.1. The van der Waals surface area contributed by atoms with E-state index in [4.69, 9.17) is 38.6 Å². The molecule has 556 valence electrons. The molecule has 3 aliphatic heterocycles. The predicted molar refractivity (Wildman–Crippen MR) is 365 cm³/mol. The first-order valence-electron chi connectivity index (χ1n) is 31.0. The van der Waals surface area contributed by atoms with Gasteiger partial charge in [0.1, 0.15) is 72.2 Å². The number of primary amides is 2. The highest BCUT2D eigenvalue weighted by atomic mass is 33.1. The number of carboxylic acids is 2. The quantitative estimate of drug-likeness (QED) is 0.0303. The molecule has 40 nitrogen and oxygen atoms in total. The van der Waals surface area contributed by atoms with Crippen molar-refractivity contribution in [3.8, 4) is 5.75 Å². The third-order valence-corrected chi connectivity index (χ3v) is 19.6. The van der Waals surface area contributed by atoms with Gasteiger partial charge in [-0.05, 0) is 56.7 Å². The number of hydrogen-bond donors (Lipinski definition) is 21. The third-order valence-electron chi connectivity index (χ3n) is 14.7. The molecule has 26 N–H and O–H groups in total. The van der Waals surface area contributed by atoms with Gasteiger partial charge in [0.15, 0.2) is 5.96 Å². The van der Waals surface area contributed by atoms with Crippen LogP contribution in [0.3, 0.4) is 0 Å². The monoisotopic (exact) mass is 1500 g/mol. The number of aliphatic imine (C=N–C) groups is 1. The second-order valence-corrected chi connectivity index (χ2v) is 27.9. The van der Waals surface area contributed by atoms with E-state index in [1.165, 1.54) is 43.7 Å². The number of nitrogens with two attached hydrogens (primary N) is 5. The van der Waals surface area contributed by atoms with E-state index in [9.17, 15) is 87.2 Å². The molecule has 44 heteroatoms. The minimum atomic E-state index is -1.87. The van der Waals surface area contributed by atoms with Crippen LogP contribution in [0.5, 0.6) is 5.75 Å². The number of aromatic nitrogens is 2. The number of carbonyl (C=O) groups is 16. The number of benzene rings is 1. The lowest BCUT2D eigenvalue weighted by molar-refractivity contribution is -0.143. The zero-order valence-corrected chi connectivity index (χ0v) is 57.9. The van der Waals surface area contributed by atoms with E-state index in [-0.39, 0.29) is 69.0 Å². The Hall–Kier alpha value is -9.66. The number of phenols is 1. The number of aliphatic hydroxyl groups is 1. The van der Waals surface area contributed by atoms with Gasteiger partial charge in [-0.3, -0.25) is 81.7 Å². The van der Waals surface area contributed by atoms with Gasteiger partial charge in [-0.15, -0.1) is 0 Å². The van der Waals surface area contributed by atoms with Crippen LogP contribution in [0.2, 0.25) is 0 Å². The summed E-state index contributed by atoms with van der Waals surface area (Å²) in [6.45, 7) is 0.158. The number of aliphatic hydroxyl groups excluding tert-OH is 1. The van der Waals surface area contributed by atoms with E-state index in [2.05, 4.69) is 73.4 Å². The molecule has 12 atom stereocenters. The molecule has 4 heterocycles. The first-order valence-corrected chi connectivity index (χ1v) is 36.0. The van der Waals surface area contributed by atoms with Crippen LogP contribution < -0.4 is 87.2 Å². The maximum absolute atomic E-state index is 14.6. The van der Waals surface area contributed by atoms with Crippen LogP contribution in [0.15, 0.2) is 41.8 Å². The highest BCUT2D eigenvalue weighted by Crippen LogP contribution is 2.26. The van der Waals surface area contributed by atoms with E-state index < -0.39 is 223 Å². The molecule has 101 heavy (non-hydrogen) atoms. The molecule has 1 aromatic heterocycles. The number of fused-ring (bicyclic) bond motifs is 9. The number of imidazole rings is 1. The molecule has 0 radical (unpaired) electrons. The van der Waals surface area contributed by atoms with Gasteiger partial charge in [-0.1, -0.05) is 55.3 Å². The van der Waals surface area contributed by atoms with E-state index in [0.29, 0.717) is 5.56 Å². The fraction of sp³-hybridized carbons (Fsp3) is 0.544. The number of amides is 14. The van der Waals surface area contributed by atoms with Crippen LogP contribution in [0.25, 0.3) is 0 Å². The lowest BCUT2D eigenvalue weighted by Crippen LogP contribution is -2.61. The number of phenolic OH excluding ortho intramolecular Hbond substituents is 1. The third kappa shape index (κ3) is 29.6. The van der Waals surface area contributed by atoms with Gasteiger partial charge in [-0.2, -0.15) is 0 Å². The Morgan fingerprint density at radius 1 is 0.683 bits per heavy atom. The molecule has 2 bridgehead atoms. The molecule has 3 saturated heterocycles. The normalized spacial score (nSPS) is 25.0. The largest absolute Gasteiger partial charge is 0.508 e. The average Bonchev–Trinajstić information content (AvgIpc) is 1.75. The van der Waals surface area contributed by atoms with Crippen molar-refractivity contribution >= 4 is 144 Å². The van der Waals surface area contributed by atoms with E-state index in [1.807, 2.05) is 0 Å². The van der Waals surface area contributed by atoms with E-state index in [0.717, 1.165) is 55.0 Å². The number of guanidine groups is 1. The lowest BCUT2D eigenvalue weighted by atomic mass is 10.0. The standard InChI is InChI=1S/C55H80N20O18S4.C2H4O2/c1-25-44(83)72-36-21-95-97-22-37(73-45(84)29(56)10-11-42(80)81)52(91)74-38(51(90)69-33(16-40(57)78)54(93)75-13-3-5-39(75)53(92)65-25)23-96-94-20-35(43(58)82)71-50(89)34(19-76)70-48(87)31(14-26-6-8-28(77)9-7-26)67-49(88)32(15-27-17-61-24-64-27)68-47(86)30(4-2-12-62-55(59)60)66-41(79)18-63-46(36)85;1-2(3)4/h6-9,17,24-25,29-39,76-77H,2-5,10-16,18-23,56H2,1H3,(H2,57,78)(H2,58,82)(H,61,64)(H,63,85)(H,65,92)(H,66,79)(H,67,88)(H,68,86)(H,69,90)(H,70,87)(H,71,89)(H,72,83)(H,73,84)(H,74,91)(H,80,81)(H4,59,60,62);1H3,(H,3,4)/t25-,29-,30-,31?,32-,33-,34-,35-,36-,37-,38-,39-;/m0./s1. The number of hydrogen-bond acceptors (Lipinski definition) is 25. The molecule has 14 amide bonds. The van der Waals surface area contributed by atoms with Crippen molar-refractivity contribution in [3.63, 3.8) is 0 Å². The Morgan fingerprint density at radius 2 is 1.26 bits per heavy atom. The molecular formula is C57H84N20O20S4. The second-order valence-electron chi connectivity index (χ2n) is 22.8. The zero-order chi connectivity index (χ0) is 75.0. The van der Waals surface area contributed by atoms with Crippen LogP contribution in [0.4, 0.5) is 0 Å². The van der Waals surface area contributed by atoms with Crippen molar-refractivity contribution in [3.05, 3.63) is 48.0 Å². The Bertz CT molecular complexity index is 3310. The van der Waals surface area contributed by atoms with E-state index >= 15 is 0 Å². The lowest BCUT2D eigenvalue weighted by Gasteiger charge is -2.30. The number of carbonyl (C=O) groups excluding carboxylic acids is 14. The fourth-order valence-corrected chi connectivity index (χ4v) is 14.2. The first-order chi connectivity index (χ1) is 47.8. The number of aromatic hydroxyl groups is 1. The highest BCUT2D eigenvalue weighted by Gasteiger charge is 2.41. The topological polar surface area (TPSA) is 661 Å². The molecule has 0 aliphatic carbocycles. The highest BCUT2D eigenvalue weighted by molar-refractivity contribution is 8.77. The number of aromatic amines is 1. The number of H-pyrrole nitrogens is 1. The molecule has 3 fully saturated rings. The van der Waals surface area contributed by atoms with Gasteiger partial charge in [0.05, 0.1) is 31.9 Å². The summed E-state index contributed by atoms with van der Waals surface area (Å²) in [4.78, 5) is 228. The molecule has 3 aliphatic rings. The summed E-state index contributed by atoms with van der Waals surface area (Å²) in [6, 6.07) is -14.0. The molecule has 1 aromatic carbocycles. The van der Waals surface area contributed by atoms with Crippen LogP contribution >= 0.6 is 43.2 Å². The number of rotatable bonds is 17. The van der Waals surface area contributed by atoms with Gasteiger partial charge in [-0.25, -0.2) is 4.98 Å². The minimum absolute atomic E-state index is 0.0220. The summed E-state index contributed by atoms with van der Waals surface area (Å²) >= 11 is 0. The Kier molecular flexibility index (Phi) is 35.2. The van der Waals surface area contributed by atoms with Gasteiger partial charge in [0.2, 0.25) is 82.7 Å². The van der Waals surface area contributed by atoms with Crippen molar-refractivity contribution in [2.24, 2.45) is 33.7 Å². The number of aliphatic carboxylic acids is 2. The van der Waals surface area contributed by atoms with Crippen molar-refractivity contribution in [1.82, 2.24) is 73.4 Å². The molecule has 2 aromatic rings. The maximum Gasteiger partial charge on any atom is 0.303 e. The molecule has 5 rings (SSSR count). The Morgan fingerprint density at radius 3 is 1.85 bits per heavy atom. The van der Waals surface area contributed by atoms with E-state index in [1.54, 1.807) is 0 Å². The number of carboxylic acid groups (broad SMARTS) is 2. The zero-order valence-electron chi connectivity index (χ0n) is 54.6. The van der Waals surface area contributed by atoms with Crippen LogP contribution in [-0.2, 0) is 89.6 Å². The molecule has 0 saturated carbocycles. The van der Waals surface area contributed by atoms with Gasteiger partial charge < -0.3 is 117 Å². The SMILES string of the molecule is CC(=O)O.C[C@@H]1NC(=O)[C@@H]2CCCN2C(=O)[C@H](CC(N)=O)NC(=O)[C@@H]2CSSC[C@@H](C(N)=O)NC(=O)[C@H](CO)NC(=O)C(Cc3ccc(O)cc3)NC(=O)[C@H](Cc3cnc[nH]3)NC(=O)[C@H](CCCN=C(N)N)NC(=O)CNC(=O)[C@H](CSSC[C@H](NC(=O)[C@@H](N)CCC(=O)O)C(=O)N2)NC1=O. The number of nitrogens with zero attached hydrogens (tertiary/aromatic N) is 3. The summed E-state index contributed by atoms with van der Waals surface area (Å²) in [5, 5.41) is 64.4. The van der Waals surface area contributed by atoms with Crippen molar-refractivity contribution < 1.29 is 97.1 Å². The summed E-state index contributed by atoms with van der Waals surface area (Å²) in [7, 11) is 3.20. The van der Waals surface area contributed by atoms with Crippen LogP contribution in [0, 0.1) is 0 Å². The van der Waals surface area contributed by atoms with Gasteiger partial charge in [0, 0.05) is 74.2 Å². The van der Waals surface area contributed by atoms with Gasteiger partial charge in [0.25, 0.3) is 5.97 Å². The summed E-state index contributed by atoms with van der Waals surface area (Å²) < 4.78 is 0. The Balaban J connectivity index is 0.00000526. The smallest absolute Gasteiger partial charge is 0.303 e. The first kappa shape index (κ1) is 83.8. The molecule has 1 unspecified atom stereocenters. The Labute approximate surface area is 592 Å². The van der Waals surface area contributed by atoms with Crippen LogP contribution in [-0.4, -0.2) is 258 Å². The fourth-order valence-electron chi connectivity index (χ4n) is 9.51.